The number of aryl methyl sites for hydroxylation is 1. The van der Waals surface area contributed by atoms with Crippen molar-refractivity contribution < 1.29 is 4.74 Å². The second-order valence-corrected chi connectivity index (χ2v) is 5.94. The molecular weight excluding hydrogens is 260 g/mol. The van der Waals surface area contributed by atoms with E-state index >= 15 is 0 Å². The van der Waals surface area contributed by atoms with Gasteiger partial charge in [0.1, 0.15) is 5.75 Å². The highest BCUT2D eigenvalue weighted by atomic mass is 16.5. The van der Waals surface area contributed by atoms with Gasteiger partial charge in [-0.05, 0) is 74.5 Å². The fourth-order valence-corrected chi connectivity index (χ4v) is 3.28. The molecule has 1 aromatic carbocycles. The number of fused-ring (bicyclic) bond motifs is 1. The molecule has 2 aromatic rings. The molecule has 0 unspecified atom stereocenters. The van der Waals surface area contributed by atoms with E-state index in [1.165, 1.54) is 49.7 Å². The van der Waals surface area contributed by atoms with E-state index in [9.17, 15) is 0 Å². The van der Waals surface area contributed by atoms with Crippen LogP contribution in [0, 0.1) is 5.92 Å². The van der Waals surface area contributed by atoms with Gasteiger partial charge in [-0.15, -0.1) is 0 Å². The van der Waals surface area contributed by atoms with E-state index in [-0.39, 0.29) is 0 Å². The summed E-state index contributed by atoms with van der Waals surface area (Å²) in [4.78, 5) is 4.45. The van der Waals surface area contributed by atoms with Crippen molar-refractivity contribution in [1.82, 2.24) is 10.3 Å². The number of hydrogen-bond acceptors (Lipinski definition) is 3. The molecule has 0 radical (unpaired) electrons. The molecule has 0 spiro atoms. The first-order chi connectivity index (χ1) is 10.4. The third kappa shape index (κ3) is 3.53. The molecule has 112 valence electrons. The van der Waals surface area contributed by atoms with Gasteiger partial charge < -0.3 is 10.1 Å². The molecule has 1 fully saturated rings. The van der Waals surface area contributed by atoms with Crippen molar-refractivity contribution in [2.24, 2.45) is 5.92 Å². The second-order valence-electron chi connectivity index (χ2n) is 5.94. The molecule has 0 bridgehead atoms. The van der Waals surface area contributed by atoms with Crippen LogP contribution in [0.5, 0.6) is 5.75 Å². The van der Waals surface area contributed by atoms with Gasteiger partial charge in [0.2, 0.25) is 0 Å². The van der Waals surface area contributed by atoms with Crippen molar-refractivity contribution in [3.8, 4) is 5.75 Å². The van der Waals surface area contributed by atoms with Gasteiger partial charge in [-0.1, -0.05) is 6.42 Å². The number of benzene rings is 1. The lowest BCUT2D eigenvalue weighted by atomic mass is 9.91. The molecular formula is C18H24N2O. The summed E-state index contributed by atoms with van der Waals surface area (Å²) < 4.78 is 5.34. The first-order valence-electron chi connectivity index (χ1n) is 7.99. The van der Waals surface area contributed by atoms with E-state index in [0.717, 1.165) is 23.6 Å². The molecule has 0 aliphatic carbocycles. The number of nitrogens with one attached hydrogen (secondary N) is 1. The summed E-state index contributed by atoms with van der Waals surface area (Å²) in [5, 5.41) is 4.68. The van der Waals surface area contributed by atoms with Crippen LogP contribution >= 0.6 is 0 Å². The van der Waals surface area contributed by atoms with E-state index < -0.39 is 0 Å². The van der Waals surface area contributed by atoms with Crippen molar-refractivity contribution in [3.05, 3.63) is 36.0 Å². The summed E-state index contributed by atoms with van der Waals surface area (Å²) in [6, 6.07) is 8.30. The highest BCUT2D eigenvalue weighted by Gasteiger charge is 2.12. The predicted molar refractivity (Wildman–Crippen MR) is 86.8 cm³/mol. The molecule has 1 aliphatic heterocycles. The van der Waals surface area contributed by atoms with Crippen molar-refractivity contribution >= 4 is 10.9 Å². The van der Waals surface area contributed by atoms with E-state index in [0.29, 0.717) is 0 Å². The summed E-state index contributed by atoms with van der Waals surface area (Å²) in [7, 11) is 1.72. The normalized spacial score (nSPS) is 16.2. The minimum absolute atomic E-state index is 0.911. The lowest BCUT2D eigenvalue weighted by Gasteiger charge is -2.22. The Morgan fingerprint density at radius 3 is 2.90 bits per heavy atom. The molecule has 21 heavy (non-hydrogen) atoms. The average molecular weight is 284 g/mol. The first kappa shape index (κ1) is 14.3. The van der Waals surface area contributed by atoms with Crippen LogP contribution in [0.2, 0.25) is 0 Å². The van der Waals surface area contributed by atoms with Gasteiger partial charge in [-0.25, -0.2) is 0 Å². The second kappa shape index (κ2) is 6.90. The highest BCUT2D eigenvalue weighted by molar-refractivity contribution is 5.83. The number of rotatable bonds is 5. The Kier molecular flexibility index (Phi) is 4.71. The average Bonchev–Trinajstić information content (AvgIpc) is 2.55. The monoisotopic (exact) mass is 284 g/mol. The Labute approximate surface area is 126 Å². The third-order valence-corrected chi connectivity index (χ3v) is 4.56. The summed E-state index contributed by atoms with van der Waals surface area (Å²) in [6.45, 7) is 2.39. The minimum atomic E-state index is 0.911. The lowest BCUT2D eigenvalue weighted by Crippen LogP contribution is -2.27. The summed E-state index contributed by atoms with van der Waals surface area (Å²) >= 11 is 0. The number of pyridine rings is 1. The van der Waals surface area contributed by atoms with Gasteiger partial charge in [0.15, 0.2) is 0 Å². The van der Waals surface area contributed by atoms with Gasteiger partial charge >= 0.3 is 0 Å². The number of piperidine rings is 1. The van der Waals surface area contributed by atoms with Gasteiger partial charge in [-0.3, -0.25) is 4.98 Å². The number of aromatic nitrogens is 1. The van der Waals surface area contributed by atoms with Crippen LogP contribution in [0.1, 0.15) is 31.2 Å². The van der Waals surface area contributed by atoms with Crippen LogP contribution in [0.4, 0.5) is 0 Å². The Balaban J connectivity index is 1.68. The Morgan fingerprint density at radius 1 is 1.24 bits per heavy atom. The topological polar surface area (TPSA) is 34.1 Å². The zero-order valence-electron chi connectivity index (χ0n) is 12.8. The fraction of sp³-hybridized carbons (Fsp3) is 0.500. The maximum atomic E-state index is 5.34. The zero-order chi connectivity index (χ0) is 14.5. The molecule has 3 nitrogen and oxygen atoms in total. The smallest absolute Gasteiger partial charge is 0.119 e. The molecule has 0 atom stereocenters. The van der Waals surface area contributed by atoms with Gasteiger partial charge in [0.25, 0.3) is 0 Å². The Morgan fingerprint density at radius 2 is 2.10 bits per heavy atom. The highest BCUT2D eigenvalue weighted by Crippen LogP contribution is 2.25. The van der Waals surface area contributed by atoms with Crippen molar-refractivity contribution in [1.29, 1.82) is 0 Å². The van der Waals surface area contributed by atoms with Gasteiger partial charge in [0, 0.05) is 11.6 Å². The molecule has 0 amide bonds. The molecule has 1 saturated heterocycles. The molecule has 3 heteroatoms. The van der Waals surface area contributed by atoms with E-state index in [1.54, 1.807) is 7.11 Å². The van der Waals surface area contributed by atoms with E-state index in [2.05, 4.69) is 22.4 Å². The van der Waals surface area contributed by atoms with Crippen LogP contribution < -0.4 is 10.1 Å². The Hall–Kier alpha value is -1.61. The van der Waals surface area contributed by atoms with Crippen molar-refractivity contribution in [3.63, 3.8) is 0 Å². The quantitative estimate of drug-likeness (QED) is 0.911. The van der Waals surface area contributed by atoms with Crippen LogP contribution in [0.15, 0.2) is 30.5 Å². The fourth-order valence-electron chi connectivity index (χ4n) is 3.28. The van der Waals surface area contributed by atoms with Crippen LogP contribution in [0.3, 0.4) is 0 Å². The summed E-state index contributed by atoms with van der Waals surface area (Å²) in [5.74, 6) is 1.82. The number of ether oxygens (including phenoxy) is 1. The first-order valence-corrected chi connectivity index (χ1v) is 7.99. The van der Waals surface area contributed by atoms with Crippen molar-refractivity contribution in [2.75, 3.05) is 20.2 Å². The number of nitrogens with zero attached hydrogens (tertiary/aromatic N) is 1. The van der Waals surface area contributed by atoms with Crippen LogP contribution in [-0.4, -0.2) is 25.2 Å². The molecule has 0 saturated carbocycles. The third-order valence-electron chi connectivity index (χ3n) is 4.56. The lowest BCUT2D eigenvalue weighted by molar-refractivity contribution is 0.347. The molecule has 3 rings (SSSR count). The van der Waals surface area contributed by atoms with E-state index in [1.807, 2.05) is 18.3 Å². The standard InChI is InChI=1S/C18H24N2O/c1-21-16-5-6-18-17(13-16)15(9-12-20-18)4-2-3-14-7-10-19-11-8-14/h5-6,9,12-14,19H,2-4,7-8,10-11H2,1H3. The maximum Gasteiger partial charge on any atom is 0.119 e. The molecule has 1 N–H and O–H groups in total. The molecule has 1 aliphatic rings. The van der Waals surface area contributed by atoms with Crippen LogP contribution in [0.25, 0.3) is 10.9 Å². The molecule has 1 aromatic heterocycles. The SMILES string of the molecule is COc1ccc2nccc(CCCC3CCNCC3)c2c1. The predicted octanol–water partition coefficient (Wildman–Crippen LogP) is 3.57. The van der Waals surface area contributed by atoms with Crippen molar-refractivity contribution in [2.45, 2.75) is 32.1 Å². The van der Waals surface area contributed by atoms with Gasteiger partial charge in [0.05, 0.1) is 12.6 Å². The number of hydrogen-bond donors (Lipinski definition) is 1. The molecule has 2 heterocycles. The summed E-state index contributed by atoms with van der Waals surface area (Å²) in [5.41, 5.74) is 2.46. The van der Waals surface area contributed by atoms with Gasteiger partial charge in [-0.2, -0.15) is 0 Å². The summed E-state index contributed by atoms with van der Waals surface area (Å²) in [6.07, 6.45) is 8.34. The Bertz CT molecular complexity index is 591. The minimum Gasteiger partial charge on any atom is -0.497 e. The maximum absolute atomic E-state index is 5.34. The number of methoxy groups -OCH3 is 1. The van der Waals surface area contributed by atoms with Crippen LogP contribution in [-0.2, 0) is 6.42 Å². The van der Waals surface area contributed by atoms with E-state index in [4.69, 9.17) is 4.74 Å². The zero-order valence-corrected chi connectivity index (χ0v) is 12.8. The largest absolute Gasteiger partial charge is 0.497 e.